The smallest absolute Gasteiger partial charge is 0.356 e. The normalized spacial score (nSPS) is 18.4. The van der Waals surface area contributed by atoms with E-state index in [0.717, 1.165) is 12.0 Å². The summed E-state index contributed by atoms with van der Waals surface area (Å²) >= 11 is 6.07. The predicted molar refractivity (Wildman–Crippen MR) is 129 cm³/mol. The molecule has 33 heavy (non-hydrogen) atoms. The average molecular weight is 467 g/mol. The van der Waals surface area contributed by atoms with Gasteiger partial charge in [-0.1, -0.05) is 55.8 Å². The molecule has 0 bridgehead atoms. The molecule has 0 N–H and O–H groups in total. The maximum Gasteiger partial charge on any atom is 0.356 e. The van der Waals surface area contributed by atoms with E-state index in [4.69, 9.17) is 16.3 Å². The van der Waals surface area contributed by atoms with Gasteiger partial charge in [0.1, 0.15) is 5.69 Å². The molecule has 4 rings (SSSR count). The number of halogens is 1. The Morgan fingerprint density at radius 2 is 1.61 bits per heavy atom. The van der Waals surface area contributed by atoms with Crippen molar-refractivity contribution >= 4 is 34.2 Å². The summed E-state index contributed by atoms with van der Waals surface area (Å²) < 4.78 is 6.76. The van der Waals surface area contributed by atoms with Crippen LogP contribution in [0.25, 0.3) is 21.9 Å². The van der Waals surface area contributed by atoms with Gasteiger partial charge in [-0.15, -0.1) is 0 Å². The van der Waals surface area contributed by atoms with Gasteiger partial charge in [-0.2, -0.15) is 0 Å². The lowest BCUT2D eigenvalue weighted by molar-refractivity contribution is -0.137. The zero-order valence-corrected chi connectivity index (χ0v) is 19.8. The molecule has 172 valence electrons. The predicted octanol–water partition coefficient (Wildman–Crippen LogP) is 4.52. The SMILES string of the molecule is CC1CC(C)CN(C(=O)COC(=O)c2c(-c3ccc(Cl)cc3)c3ccccc3c(=O)n2C)C1. The van der Waals surface area contributed by atoms with E-state index in [1.165, 1.54) is 4.57 Å². The van der Waals surface area contributed by atoms with Crippen LogP contribution in [0.4, 0.5) is 0 Å². The third kappa shape index (κ3) is 4.67. The molecule has 2 atom stereocenters. The van der Waals surface area contributed by atoms with Gasteiger partial charge in [-0.05, 0) is 47.4 Å². The van der Waals surface area contributed by atoms with Crippen LogP contribution < -0.4 is 5.56 Å². The summed E-state index contributed by atoms with van der Waals surface area (Å²) in [5, 5.41) is 1.70. The molecule has 0 radical (unpaired) electrons. The summed E-state index contributed by atoms with van der Waals surface area (Å²) in [6.07, 6.45) is 1.08. The number of aromatic nitrogens is 1. The number of piperidine rings is 1. The molecule has 6 nitrogen and oxygen atoms in total. The number of hydrogen-bond acceptors (Lipinski definition) is 4. The number of pyridine rings is 1. The maximum atomic E-state index is 13.3. The second-order valence-electron chi connectivity index (χ2n) is 8.96. The maximum absolute atomic E-state index is 13.3. The van der Waals surface area contributed by atoms with E-state index in [1.807, 2.05) is 6.07 Å². The zero-order chi connectivity index (χ0) is 23.7. The number of fused-ring (bicyclic) bond motifs is 1. The van der Waals surface area contributed by atoms with Crippen LogP contribution in [0.2, 0.25) is 5.02 Å². The van der Waals surface area contributed by atoms with Crippen LogP contribution >= 0.6 is 11.6 Å². The number of benzene rings is 2. The number of likely N-dealkylation sites (tertiary alicyclic amines) is 1. The van der Waals surface area contributed by atoms with Crippen molar-refractivity contribution in [1.82, 2.24) is 9.47 Å². The van der Waals surface area contributed by atoms with Gasteiger partial charge in [0.25, 0.3) is 11.5 Å². The lowest BCUT2D eigenvalue weighted by atomic mass is 9.92. The van der Waals surface area contributed by atoms with Gasteiger partial charge >= 0.3 is 5.97 Å². The third-order valence-corrected chi connectivity index (χ3v) is 6.43. The molecule has 2 unspecified atom stereocenters. The Balaban J connectivity index is 1.71. The van der Waals surface area contributed by atoms with Gasteiger partial charge in [0.15, 0.2) is 6.61 Å². The summed E-state index contributed by atoms with van der Waals surface area (Å²) in [6.45, 7) is 5.19. The number of rotatable bonds is 4. The summed E-state index contributed by atoms with van der Waals surface area (Å²) in [7, 11) is 1.54. The van der Waals surface area contributed by atoms with E-state index >= 15 is 0 Å². The minimum absolute atomic E-state index is 0.106. The lowest BCUT2D eigenvalue weighted by Crippen LogP contribution is -2.44. The van der Waals surface area contributed by atoms with E-state index in [9.17, 15) is 14.4 Å². The standard InChI is InChI=1S/C26H27ClN2O4/c1-16-12-17(2)14-29(13-16)22(30)15-33-26(32)24-23(18-8-10-19(27)11-9-18)20-6-4-5-7-21(20)25(31)28(24)3/h4-11,16-17H,12-15H2,1-3H3. The van der Waals surface area contributed by atoms with E-state index in [-0.39, 0.29) is 23.8 Å². The summed E-state index contributed by atoms with van der Waals surface area (Å²) in [6, 6.07) is 14.2. The van der Waals surface area contributed by atoms with Crippen LogP contribution in [-0.2, 0) is 16.6 Å². The van der Waals surface area contributed by atoms with Gasteiger partial charge in [0.05, 0.1) is 0 Å². The van der Waals surface area contributed by atoms with Crippen LogP contribution in [0.15, 0.2) is 53.3 Å². The summed E-state index contributed by atoms with van der Waals surface area (Å²) in [5.74, 6) is -0.116. The Labute approximate surface area is 197 Å². The first-order valence-electron chi connectivity index (χ1n) is 11.1. The molecule has 1 aromatic heterocycles. The van der Waals surface area contributed by atoms with Crippen molar-refractivity contribution in [3.05, 3.63) is 69.6 Å². The summed E-state index contributed by atoms with van der Waals surface area (Å²) in [4.78, 5) is 40.8. The Morgan fingerprint density at radius 3 is 2.24 bits per heavy atom. The van der Waals surface area contributed by atoms with Crippen LogP contribution in [-0.4, -0.2) is 41.0 Å². The number of ether oxygens (including phenoxy) is 1. The number of carbonyl (C=O) groups is 2. The van der Waals surface area contributed by atoms with E-state index in [1.54, 1.807) is 54.4 Å². The number of nitrogens with zero attached hydrogens (tertiary/aromatic N) is 2. The zero-order valence-electron chi connectivity index (χ0n) is 19.0. The average Bonchev–Trinajstić information content (AvgIpc) is 2.79. The molecule has 1 amide bonds. The van der Waals surface area contributed by atoms with Gasteiger partial charge in [0, 0.05) is 36.1 Å². The van der Waals surface area contributed by atoms with E-state index in [0.29, 0.717) is 46.3 Å². The Bertz CT molecular complexity index is 1260. The van der Waals surface area contributed by atoms with Crippen LogP contribution in [0.5, 0.6) is 0 Å². The van der Waals surface area contributed by atoms with Crippen molar-refractivity contribution in [2.75, 3.05) is 19.7 Å². The molecule has 1 aliphatic heterocycles. The molecule has 3 aromatic rings. The molecule has 0 aliphatic carbocycles. The van der Waals surface area contributed by atoms with Crippen LogP contribution in [0.1, 0.15) is 30.8 Å². The second-order valence-corrected chi connectivity index (χ2v) is 9.40. The minimum Gasteiger partial charge on any atom is -0.451 e. The van der Waals surface area contributed by atoms with Gasteiger partial charge < -0.3 is 14.2 Å². The van der Waals surface area contributed by atoms with E-state index in [2.05, 4.69) is 13.8 Å². The topological polar surface area (TPSA) is 68.6 Å². The number of esters is 1. The largest absolute Gasteiger partial charge is 0.451 e. The first-order valence-corrected chi connectivity index (χ1v) is 11.5. The van der Waals surface area contributed by atoms with Gasteiger partial charge in [-0.3, -0.25) is 9.59 Å². The van der Waals surface area contributed by atoms with Crippen LogP contribution in [0, 0.1) is 11.8 Å². The quantitative estimate of drug-likeness (QED) is 0.530. The second kappa shape index (κ2) is 9.40. The molecule has 7 heteroatoms. The van der Waals surface area contributed by atoms with Crippen molar-refractivity contribution in [3.8, 4) is 11.1 Å². The number of carbonyl (C=O) groups excluding carboxylic acids is 2. The number of hydrogen-bond donors (Lipinski definition) is 0. The van der Waals surface area contributed by atoms with E-state index < -0.39 is 5.97 Å². The third-order valence-electron chi connectivity index (χ3n) is 6.18. The number of amides is 1. The molecule has 1 aliphatic rings. The minimum atomic E-state index is -0.711. The van der Waals surface area contributed by atoms with Crippen molar-refractivity contribution in [3.63, 3.8) is 0 Å². The van der Waals surface area contributed by atoms with Crippen molar-refractivity contribution < 1.29 is 14.3 Å². The molecule has 0 spiro atoms. The molecule has 1 fully saturated rings. The molecular weight excluding hydrogens is 440 g/mol. The van der Waals surface area contributed by atoms with Crippen molar-refractivity contribution in [2.45, 2.75) is 20.3 Å². The highest BCUT2D eigenvalue weighted by atomic mass is 35.5. The molecular formula is C26H27ClN2O4. The highest BCUT2D eigenvalue weighted by Crippen LogP contribution is 2.32. The van der Waals surface area contributed by atoms with Crippen molar-refractivity contribution in [1.29, 1.82) is 0 Å². The Kier molecular flexibility index (Phi) is 6.56. The molecule has 0 saturated carbocycles. The van der Waals surface area contributed by atoms with Crippen molar-refractivity contribution in [2.24, 2.45) is 18.9 Å². The fourth-order valence-electron chi connectivity index (χ4n) is 4.77. The van der Waals surface area contributed by atoms with Crippen LogP contribution in [0.3, 0.4) is 0 Å². The first kappa shape index (κ1) is 23.1. The monoisotopic (exact) mass is 466 g/mol. The Hall–Kier alpha value is -3.12. The summed E-state index contributed by atoms with van der Waals surface area (Å²) in [5.41, 5.74) is 1.10. The van der Waals surface area contributed by atoms with Gasteiger partial charge in [-0.25, -0.2) is 4.79 Å². The highest BCUT2D eigenvalue weighted by Gasteiger charge is 2.28. The van der Waals surface area contributed by atoms with Gasteiger partial charge in [0.2, 0.25) is 0 Å². The fraction of sp³-hybridized carbons (Fsp3) is 0.346. The molecule has 2 aromatic carbocycles. The fourth-order valence-corrected chi connectivity index (χ4v) is 4.89. The first-order chi connectivity index (χ1) is 15.8. The Morgan fingerprint density at radius 1 is 1.00 bits per heavy atom. The molecule has 1 saturated heterocycles. The highest BCUT2D eigenvalue weighted by molar-refractivity contribution is 6.30. The molecule has 2 heterocycles. The lowest BCUT2D eigenvalue weighted by Gasteiger charge is -2.34.